The van der Waals surface area contributed by atoms with Crippen LogP contribution in [0.25, 0.3) is 22.2 Å². The summed E-state index contributed by atoms with van der Waals surface area (Å²) >= 11 is 0. The van der Waals surface area contributed by atoms with E-state index < -0.39 is 17.5 Å². The van der Waals surface area contributed by atoms with Gasteiger partial charge in [0.2, 0.25) is 0 Å². The number of hydrogen-bond donors (Lipinski definition) is 1. The van der Waals surface area contributed by atoms with Crippen molar-refractivity contribution in [3.05, 3.63) is 99.7 Å². The summed E-state index contributed by atoms with van der Waals surface area (Å²) in [5.41, 5.74) is 3.03. The van der Waals surface area contributed by atoms with Gasteiger partial charge in [-0.15, -0.1) is 0 Å². The number of benzene rings is 2. The minimum atomic E-state index is -0.511. The van der Waals surface area contributed by atoms with E-state index in [9.17, 15) is 14.0 Å². The maximum absolute atomic E-state index is 13.6. The zero-order valence-electron chi connectivity index (χ0n) is 21.6. The van der Waals surface area contributed by atoms with E-state index >= 15 is 0 Å². The quantitative estimate of drug-likeness (QED) is 0.393. The molecule has 5 rings (SSSR count). The molecule has 0 saturated carbocycles. The van der Waals surface area contributed by atoms with Gasteiger partial charge in [-0.1, -0.05) is 24.3 Å². The van der Waals surface area contributed by atoms with Crippen LogP contribution in [0.5, 0.6) is 0 Å². The number of nitrogens with zero attached hydrogens (tertiary/aromatic N) is 4. The van der Waals surface area contributed by atoms with E-state index in [1.165, 1.54) is 12.1 Å². The van der Waals surface area contributed by atoms with Crippen LogP contribution in [-0.2, 0) is 11.3 Å². The maximum atomic E-state index is 13.6. The number of rotatable bonds is 7. The molecule has 2 aromatic heterocycles. The lowest BCUT2D eigenvalue weighted by Crippen LogP contribution is -2.40. The third-order valence-electron chi connectivity index (χ3n) is 6.98. The van der Waals surface area contributed by atoms with Crippen LogP contribution < -0.4 is 10.9 Å². The smallest absolute Gasteiger partial charge is 0.265 e. The van der Waals surface area contributed by atoms with Crippen molar-refractivity contribution in [3.8, 4) is 17.2 Å². The molecule has 0 spiro atoms. The monoisotopic (exact) mass is 525 g/mol. The lowest BCUT2D eigenvalue weighted by molar-refractivity contribution is 0.0364. The Bertz CT molecular complexity index is 1590. The molecule has 1 N–H and O–H groups in total. The highest BCUT2D eigenvalue weighted by Gasteiger charge is 2.20. The second-order valence-corrected chi connectivity index (χ2v) is 9.54. The maximum Gasteiger partial charge on any atom is 0.265 e. The molecule has 1 aliphatic rings. The van der Waals surface area contributed by atoms with Gasteiger partial charge in [0.15, 0.2) is 0 Å². The summed E-state index contributed by atoms with van der Waals surface area (Å²) in [6, 6.07) is 18.2. The van der Waals surface area contributed by atoms with E-state index in [0.717, 1.165) is 29.8 Å². The number of ether oxygens (including phenoxy) is 1. The van der Waals surface area contributed by atoms with Crippen LogP contribution in [0, 0.1) is 17.1 Å². The molecule has 1 fully saturated rings. The fourth-order valence-corrected chi connectivity index (χ4v) is 4.71. The number of aromatic nitrogens is 2. The molecule has 8 nitrogen and oxygen atoms in total. The van der Waals surface area contributed by atoms with Crippen molar-refractivity contribution in [2.24, 2.45) is 0 Å². The van der Waals surface area contributed by atoms with Crippen LogP contribution in [0.2, 0.25) is 0 Å². The van der Waals surface area contributed by atoms with Gasteiger partial charge in [0.05, 0.1) is 30.9 Å². The van der Waals surface area contributed by atoms with Crippen molar-refractivity contribution < 1.29 is 13.9 Å². The van der Waals surface area contributed by atoms with Crippen molar-refractivity contribution in [2.45, 2.75) is 19.5 Å². The Morgan fingerprint density at radius 1 is 1.08 bits per heavy atom. The Kier molecular flexibility index (Phi) is 7.77. The summed E-state index contributed by atoms with van der Waals surface area (Å²) in [5.74, 6) is -0.872. The summed E-state index contributed by atoms with van der Waals surface area (Å²) in [4.78, 5) is 33.8. The largest absolute Gasteiger partial charge is 0.379 e. The van der Waals surface area contributed by atoms with Gasteiger partial charge in [0.25, 0.3) is 11.5 Å². The van der Waals surface area contributed by atoms with Gasteiger partial charge in [-0.2, -0.15) is 5.26 Å². The van der Waals surface area contributed by atoms with Gasteiger partial charge in [-0.3, -0.25) is 19.1 Å². The highest BCUT2D eigenvalue weighted by Crippen LogP contribution is 2.24. The van der Waals surface area contributed by atoms with Gasteiger partial charge in [0.1, 0.15) is 17.0 Å². The molecular weight excluding hydrogens is 497 g/mol. The fraction of sp³-hybridized carbons (Fsp3) is 0.267. The topological polar surface area (TPSA) is 100 Å². The Morgan fingerprint density at radius 3 is 2.49 bits per heavy atom. The lowest BCUT2D eigenvalue weighted by atomic mass is 10.0. The first-order chi connectivity index (χ1) is 18.9. The van der Waals surface area contributed by atoms with Crippen molar-refractivity contribution >= 4 is 16.9 Å². The van der Waals surface area contributed by atoms with Gasteiger partial charge in [0, 0.05) is 43.3 Å². The third kappa shape index (κ3) is 5.87. The number of nitrogens with one attached hydrogen (secondary N) is 1. The van der Waals surface area contributed by atoms with Crippen LogP contribution in [0.1, 0.15) is 34.5 Å². The highest BCUT2D eigenvalue weighted by atomic mass is 19.1. The zero-order valence-corrected chi connectivity index (χ0v) is 21.6. The molecule has 1 unspecified atom stereocenters. The van der Waals surface area contributed by atoms with Crippen LogP contribution >= 0.6 is 0 Å². The first kappa shape index (κ1) is 26.2. The number of amides is 1. The average molecular weight is 526 g/mol. The molecule has 198 valence electrons. The fourth-order valence-electron chi connectivity index (χ4n) is 4.71. The van der Waals surface area contributed by atoms with Crippen LogP contribution in [0.3, 0.4) is 0 Å². The molecule has 4 aromatic rings. The number of pyridine rings is 2. The normalized spacial score (nSPS) is 14.6. The number of carbonyl (C=O) groups excluding carboxylic acids is 1. The van der Waals surface area contributed by atoms with E-state index in [4.69, 9.17) is 10.00 Å². The zero-order chi connectivity index (χ0) is 27.4. The Morgan fingerprint density at radius 2 is 1.79 bits per heavy atom. The van der Waals surface area contributed by atoms with Gasteiger partial charge in [-0.05, 0) is 54.4 Å². The van der Waals surface area contributed by atoms with E-state index in [1.807, 2.05) is 18.2 Å². The van der Waals surface area contributed by atoms with Crippen LogP contribution in [0.4, 0.5) is 4.39 Å². The van der Waals surface area contributed by atoms with Crippen molar-refractivity contribution in [1.82, 2.24) is 19.8 Å². The second-order valence-electron chi connectivity index (χ2n) is 9.54. The highest BCUT2D eigenvalue weighted by molar-refractivity contribution is 5.97. The van der Waals surface area contributed by atoms with Crippen LogP contribution in [0.15, 0.2) is 71.7 Å². The minimum Gasteiger partial charge on any atom is -0.379 e. The Hall–Kier alpha value is -4.39. The molecule has 1 saturated heterocycles. The summed E-state index contributed by atoms with van der Waals surface area (Å²) < 4.78 is 20.4. The predicted molar refractivity (Wildman–Crippen MR) is 146 cm³/mol. The van der Waals surface area contributed by atoms with Gasteiger partial charge in [-0.25, -0.2) is 9.37 Å². The molecule has 39 heavy (non-hydrogen) atoms. The van der Waals surface area contributed by atoms with Crippen LogP contribution in [-0.4, -0.2) is 53.2 Å². The van der Waals surface area contributed by atoms with E-state index in [-0.39, 0.29) is 11.4 Å². The first-order valence-electron chi connectivity index (χ1n) is 12.8. The van der Waals surface area contributed by atoms with Gasteiger partial charge >= 0.3 is 0 Å². The molecule has 3 heterocycles. The molecule has 1 amide bonds. The molecule has 1 aliphatic heterocycles. The number of morpholine rings is 1. The molecular formula is C30H28FN5O3. The number of fused-ring (bicyclic) bond motifs is 1. The SMILES string of the molecule is CC(NC(=O)c1cc2cc(-c3ccc(C#N)cc3)cnc2n(CCN2CCOCC2)c1=O)c1ccc(F)cc1. The lowest BCUT2D eigenvalue weighted by Gasteiger charge is -2.27. The number of hydrogen-bond acceptors (Lipinski definition) is 6. The molecule has 0 radical (unpaired) electrons. The average Bonchev–Trinajstić information content (AvgIpc) is 2.97. The second kappa shape index (κ2) is 11.6. The predicted octanol–water partition coefficient (Wildman–Crippen LogP) is 3.90. The summed E-state index contributed by atoms with van der Waals surface area (Å²) in [5, 5.41) is 12.6. The number of halogens is 1. The number of carbonyl (C=O) groups is 1. The molecule has 0 bridgehead atoms. The van der Waals surface area contributed by atoms with Crippen molar-refractivity contribution in [1.29, 1.82) is 5.26 Å². The molecule has 1 atom stereocenters. The summed E-state index contributed by atoms with van der Waals surface area (Å²) in [6.07, 6.45) is 1.70. The molecule has 2 aromatic carbocycles. The Labute approximate surface area is 225 Å². The van der Waals surface area contributed by atoms with E-state index in [2.05, 4.69) is 21.3 Å². The van der Waals surface area contributed by atoms with Crippen molar-refractivity contribution in [3.63, 3.8) is 0 Å². The molecule has 0 aliphatic carbocycles. The van der Waals surface area contributed by atoms with Gasteiger partial charge < -0.3 is 10.1 Å². The number of nitriles is 1. The van der Waals surface area contributed by atoms with E-state index in [0.29, 0.717) is 42.9 Å². The summed E-state index contributed by atoms with van der Waals surface area (Å²) in [7, 11) is 0. The van der Waals surface area contributed by atoms with Crippen molar-refractivity contribution in [2.75, 3.05) is 32.8 Å². The molecule has 9 heteroatoms. The Balaban J connectivity index is 1.52. The third-order valence-corrected chi connectivity index (χ3v) is 6.98. The van der Waals surface area contributed by atoms with E-state index in [1.54, 1.807) is 48.0 Å². The first-order valence-corrected chi connectivity index (χ1v) is 12.8. The minimum absolute atomic E-state index is 0.0113. The summed E-state index contributed by atoms with van der Waals surface area (Å²) in [6.45, 7) is 5.61. The standard InChI is InChI=1S/C30H28FN5O3/c1-20(22-6-8-26(31)9-7-22)34-29(37)27-17-24-16-25(23-4-2-21(18-32)3-5-23)19-33-28(24)36(30(27)38)11-10-35-12-14-39-15-13-35/h2-9,16-17,19-20H,10-15H2,1H3,(H,34,37).